The normalized spacial score (nSPS) is 15.9. The van der Waals surface area contributed by atoms with Crippen molar-refractivity contribution < 1.29 is 23.4 Å². The molecule has 0 saturated heterocycles. The van der Waals surface area contributed by atoms with Gasteiger partial charge in [-0.1, -0.05) is 6.07 Å². The second kappa shape index (κ2) is 8.09. The summed E-state index contributed by atoms with van der Waals surface area (Å²) >= 11 is 0. The van der Waals surface area contributed by atoms with Crippen molar-refractivity contribution in [2.75, 3.05) is 4.90 Å². The summed E-state index contributed by atoms with van der Waals surface area (Å²) in [7, 11) is 0. The average Bonchev–Trinajstić information content (AvgIpc) is 3.10. The predicted molar refractivity (Wildman–Crippen MR) is 124 cm³/mol. The SMILES string of the molecule is Cc1nc2cc(F)c(-c3cnc(C(C)(C)O)nc3)cn2c1CN1C(=O)[C@H](C)Oc2c(F)cccc21. The van der Waals surface area contributed by atoms with E-state index in [0.717, 1.165) is 0 Å². The Morgan fingerprint density at radius 2 is 1.89 bits per heavy atom. The molecule has 0 aliphatic carbocycles. The highest BCUT2D eigenvalue weighted by molar-refractivity contribution is 5.99. The van der Waals surface area contributed by atoms with Gasteiger partial charge in [0.2, 0.25) is 0 Å². The van der Waals surface area contributed by atoms with E-state index in [9.17, 15) is 14.3 Å². The lowest BCUT2D eigenvalue weighted by molar-refractivity contribution is -0.125. The van der Waals surface area contributed by atoms with Crippen LogP contribution in [0.2, 0.25) is 0 Å². The summed E-state index contributed by atoms with van der Waals surface area (Å²) in [4.78, 5) is 27.2. The molecule has 0 fully saturated rings. The minimum atomic E-state index is -1.23. The molecule has 1 aliphatic heterocycles. The summed E-state index contributed by atoms with van der Waals surface area (Å²) in [6, 6.07) is 5.71. The van der Waals surface area contributed by atoms with Gasteiger partial charge >= 0.3 is 0 Å². The van der Waals surface area contributed by atoms with E-state index in [1.807, 2.05) is 0 Å². The molecule has 1 amide bonds. The lowest BCUT2D eigenvalue weighted by Crippen LogP contribution is -2.44. The third-order valence-corrected chi connectivity index (χ3v) is 5.97. The van der Waals surface area contributed by atoms with Gasteiger partial charge in [0, 0.05) is 35.8 Å². The zero-order valence-electron chi connectivity index (χ0n) is 19.6. The zero-order valence-corrected chi connectivity index (χ0v) is 19.6. The van der Waals surface area contributed by atoms with Gasteiger partial charge in [0.05, 0.1) is 23.6 Å². The molecule has 0 spiro atoms. The van der Waals surface area contributed by atoms with Crippen molar-refractivity contribution in [2.45, 2.75) is 45.9 Å². The van der Waals surface area contributed by atoms with Gasteiger partial charge in [-0.2, -0.15) is 0 Å². The predicted octanol–water partition coefficient (Wildman–Crippen LogP) is 3.92. The van der Waals surface area contributed by atoms with Crippen LogP contribution in [0.15, 0.2) is 42.9 Å². The number of aliphatic hydroxyl groups is 1. The van der Waals surface area contributed by atoms with Crippen molar-refractivity contribution in [1.29, 1.82) is 0 Å². The first-order valence-corrected chi connectivity index (χ1v) is 11.0. The molecule has 0 bridgehead atoms. The molecule has 0 unspecified atom stereocenters. The summed E-state index contributed by atoms with van der Waals surface area (Å²) in [5, 5.41) is 10.1. The van der Waals surface area contributed by atoms with Crippen molar-refractivity contribution >= 4 is 17.2 Å². The Balaban J connectivity index is 1.59. The number of benzene rings is 1. The molecule has 8 nitrogen and oxygen atoms in total. The second-order valence-electron chi connectivity index (χ2n) is 9.03. The largest absolute Gasteiger partial charge is 0.476 e. The van der Waals surface area contributed by atoms with Gasteiger partial charge < -0.3 is 14.2 Å². The van der Waals surface area contributed by atoms with Crippen LogP contribution in [-0.4, -0.2) is 36.5 Å². The van der Waals surface area contributed by atoms with Crippen molar-refractivity contribution in [1.82, 2.24) is 19.4 Å². The third-order valence-electron chi connectivity index (χ3n) is 5.97. The number of hydrogen-bond acceptors (Lipinski definition) is 6. The van der Waals surface area contributed by atoms with E-state index in [1.54, 1.807) is 44.4 Å². The van der Waals surface area contributed by atoms with Gasteiger partial charge in [-0.15, -0.1) is 0 Å². The summed E-state index contributed by atoms with van der Waals surface area (Å²) in [5.74, 6) is -1.16. The molecule has 35 heavy (non-hydrogen) atoms. The molecular weight excluding hydrogens is 456 g/mol. The first-order valence-electron chi connectivity index (χ1n) is 11.0. The van der Waals surface area contributed by atoms with Crippen LogP contribution in [0.4, 0.5) is 14.5 Å². The van der Waals surface area contributed by atoms with E-state index in [0.29, 0.717) is 28.3 Å². The molecule has 1 N–H and O–H groups in total. The standard InChI is InChI=1S/C25H23F2N5O3/c1-13-20(12-32-19-7-5-6-17(26)22(19)35-14(2)23(32)33)31-11-16(18(27)8-21(31)30-13)15-9-28-24(29-10-15)25(3,4)34/h5-11,14,34H,12H2,1-4H3/t14-/m0/s1. The van der Waals surface area contributed by atoms with Crippen LogP contribution < -0.4 is 9.64 Å². The van der Waals surface area contributed by atoms with E-state index in [1.165, 1.54) is 35.5 Å². The maximum Gasteiger partial charge on any atom is 0.268 e. The topological polar surface area (TPSA) is 92.9 Å². The highest BCUT2D eigenvalue weighted by Gasteiger charge is 2.34. The van der Waals surface area contributed by atoms with Crippen LogP contribution in [-0.2, 0) is 16.9 Å². The maximum absolute atomic E-state index is 15.0. The van der Waals surface area contributed by atoms with Crippen molar-refractivity contribution in [3.63, 3.8) is 0 Å². The van der Waals surface area contributed by atoms with Crippen molar-refractivity contribution in [3.8, 4) is 16.9 Å². The van der Waals surface area contributed by atoms with Gasteiger partial charge in [-0.05, 0) is 39.8 Å². The molecule has 180 valence electrons. The summed E-state index contributed by atoms with van der Waals surface area (Å²) in [6.45, 7) is 6.54. The number of anilines is 1. The number of rotatable bonds is 4. The molecule has 1 aliphatic rings. The van der Waals surface area contributed by atoms with Crippen LogP contribution >= 0.6 is 0 Å². The number of nitrogens with zero attached hydrogens (tertiary/aromatic N) is 5. The number of imidazole rings is 1. The Morgan fingerprint density at radius 3 is 2.57 bits per heavy atom. The second-order valence-corrected chi connectivity index (χ2v) is 9.03. The van der Waals surface area contributed by atoms with Crippen LogP contribution in [0.5, 0.6) is 5.75 Å². The van der Waals surface area contributed by atoms with E-state index < -0.39 is 23.3 Å². The van der Waals surface area contributed by atoms with Crippen LogP contribution in [0.3, 0.4) is 0 Å². The summed E-state index contributed by atoms with van der Waals surface area (Å²) < 4.78 is 36.6. The molecule has 10 heteroatoms. The molecular formula is C25H23F2N5O3. The maximum atomic E-state index is 15.0. The molecule has 3 aromatic heterocycles. The lowest BCUT2D eigenvalue weighted by Gasteiger charge is -2.33. The van der Waals surface area contributed by atoms with Gasteiger partial charge in [0.1, 0.15) is 17.1 Å². The number of carbonyl (C=O) groups excluding carboxylic acids is 1. The number of para-hydroxylation sites is 1. The number of fused-ring (bicyclic) bond motifs is 2. The Bertz CT molecular complexity index is 1460. The number of pyridine rings is 1. The fraction of sp³-hybridized carbons (Fsp3) is 0.280. The van der Waals surface area contributed by atoms with Gasteiger partial charge in [0.15, 0.2) is 23.5 Å². The number of aryl methyl sites for hydroxylation is 1. The van der Waals surface area contributed by atoms with Gasteiger partial charge in [-0.3, -0.25) is 9.69 Å². The number of amides is 1. The zero-order chi connectivity index (χ0) is 25.1. The number of carbonyl (C=O) groups is 1. The van der Waals surface area contributed by atoms with E-state index in [4.69, 9.17) is 4.74 Å². The highest BCUT2D eigenvalue weighted by Crippen LogP contribution is 2.37. The lowest BCUT2D eigenvalue weighted by atomic mass is 10.1. The van der Waals surface area contributed by atoms with Gasteiger partial charge in [-0.25, -0.2) is 23.7 Å². The minimum absolute atomic E-state index is 0.0156. The molecule has 1 aromatic carbocycles. The molecule has 1 atom stereocenters. The molecule has 4 heterocycles. The van der Waals surface area contributed by atoms with E-state index in [2.05, 4.69) is 15.0 Å². The number of halogens is 2. The number of hydrogen-bond donors (Lipinski definition) is 1. The van der Waals surface area contributed by atoms with Crippen molar-refractivity contribution in [2.24, 2.45) is 0 Å². The van der Waals surface area contributed by atoms with E-state index in [-0.39, 0.29) is 29.6 Å². The smallest absolute Gasteiger partial charge is 0.268 e. The van der Waals surface area contributed by atoms with E-state index >= 15 is 4.39 Å². The van der Waals surface area contributed by atoms with Gasteiger partial charge in [0.25, 0.3) is 5.91 Å². The first-order chi connectivity index (χ1) is 16.5. The van der Waals surface area contributed by atoms with Crippen molar-refractivity contribution in [3.05, 3.63) is 71.7 Å². The minimum Gasteiger partial charge on any atom is -0.476 e. The highest BCUT2D eigenvalue weighted by atomic mass is 19.1. The monoisotopic (exact) mass is 479 g/mol. The number of ether oxygens (including phenoxy) is 1. The average molecular weight is 479 g/mol. The molecule has 0 radical (unpaired) electrons. The van der Waals surface area contributed by atoms with Crippen LogP contribution in [0.25, 0.3) is 16.8 Å². The summed E-state index contributed by atoms with van der Waals surface area (Å²) in [5.41, 5.74) is 1.33. The van der Waals surface area contributed by atoms with Crippen LogP contribution in [0, 0.1) is 18.6 Å². The molecule has 0 saturated carbocycles. The fourth-order valence-corrected chi connectivity index (χ4v) is 4.12. The molecule has 4 aromatic rings. The Morgan fingerprint density at radius 1 is 1.17 bits per heavy atom. The first kappa shape index (κ1) is 22.9. The Labute approximate surface area is 199 Å². The summed E-state index contributed by atoms with van der Waals surface area (Å²) in [6.07, 6.45) is 3.60. The quantitative estimate of drug-likeness (QED) is 0.477. The molecule has 5 rings (SSSR count). The third kappa shape index (κ3) is 3.89. The number of aromatic nitrogens is 4. The Kier molecular flexibility index (Phi) is 5.28. The Hall–Kier alpha value is -3.92. The van der Waals surface area contributed by atoms with Crippen LogP contribution in [0.1, 0.15) is 38.0 Å². The fourth-order valence-electron chi connectivity index (χ4n) is 4.12.